The van der Waals surface area contributed by atoms with Gasteiger partial charge in [-0.2, -0.15) is 4.31 Å². The van der Waals surface area contributed by atoms with Crippen LogP contribution in [0.4, 0.5) is 5.69 Å². The zero-order chi connectivity index (χ0) is 21.4. The molecule has 29 heavy (non-hydrogen) atoms. The number of sulfonamides is 1. The van der Waals surface area contributed by atoms with E-state index in [1.165, 1.54) is 10.4 Å². The van der Waals surface area contributed by atoms with Gasteiger partial charge in [0.05, 0.1) is 4.90 Å². The van der Waals surface area contributed by atoms with Crippen molar-refractivity contribution in [2.75, 3.05) is 18.4 Å². The lowest BCUT2D eigenvalue weighted by Crippen LogP contribution is -2.30. The summed E-state index contributed by atoms with van der Waals surface area (Å²) in [4.78, 5) is 12.6. The van der Waals surface area contributed by atoms with E-state index in [-0.39, 0.29) is 10.8 Å². The van der Waals surface area contributed by atoms with Gasteiger partial charge >= 0.3 is 0 Å². The molecular formula is C23H30N2O3S. The SMILES string of the molecule is CC[C@H](C)c1ccccc1NC(=O)/C=C/c1ccc(S(=O)(=O)N(CC)CC)cc1. The predicted molar refractivity (Wildman–Crippen MR) is 119 cm³/mol. The summed E-state index contributed by atoms with van der Waals surface area (Å²) in [5.74, 6) is 0.136. The largest absolute Gasteiger partial charge is 0.322 e. The maximum Gasteiger partial charge on any atom is 0.248 e. The van der Waals surface area contributed by atoms with Crippen molar-refractivity contribution in [2.45, 2.75) is 44.9 Å². The Morgan fingerprint density at radius 3 is 2.24 bits per heavy atom. The fourth-order valence-corrected chi connectivity index (χ4v) is 4.53. The van der Waals surface area contributed by atoms with E-state index in [1.807, 2.05) is 38.1 Å². The molecule has 1 N–H and O–H groups in total. The molecule has 2 aromatic carbocycles. The quantitative estimate of drug-likeness (QED) is 0.595. The number of amides is 1. The summed E-state index contributed by atoms with van der Waals surface area (Å²) in [5.41, 5.74) is 2.69. The van der Waals surface area contributed by atoms with Crippen LogP contribution in [0.2, 0.25) is 0 Å². The number of hydrogen-bond acceptors (Lipinski definition) is 3. The van der Waals surface area contributed by atoms with Gasteiger partial charge in [-0.25, -0.2) is 8.42 Å². The Morgan fingerprint density at radius 1 is 1.03 bits per heavy atom. The molecule has 0 aliphatic carbocycles. The van der Waals surface area contributed by atoms with Crippen molar-refractivity contribution in [3.8, 4) is 0 Å². The van der Waals surface area contributed by atoms with Gasteiger partial charge in [-0.05, 0) is 47.7 Å². The predicted octanol–water partition coefficient (Wildman–Crippen LogP) is 4.88. The minimum Gasteiger partial charge on any atom is -0.322 e. The monoisotopic (exact) mass is 414 g/mol. The number of nitrogens with one attached hydrogen (secondary N) is 1. The molecule has 0 unspecified atom stereocenters. The summed E-state index contributed by atoms with van der Waals surface area (Å²) >= 11 is 0. The van der Waals surface area contributed by atoms with Crippen LogP contribution in [0.5, 0.6) is 0 Å². The molecule has 0 aromatic heterocycles. The number of nitrogens with zero attached hydrogens (tertiary/aromatic N) is 1. The van der Waals surface area contributed by atoms with Gasteiger partial charge in [-0.1, -0.05) is 58.0 Å². The zero-order valence-electron chi connectivity index (χ0n) is 17.6. The average molecular weight is 415 g/mol. The topological polar surface area (TPSA) is 66.5 Å². The Hall–Kier alpha value is -2.44. The Bertz CT molecular complexity index is 946. The van der Waals surface area contributed by atoms with Gasteiger partial charge in [0.25, 0.3) is 0 Å². The first-order chi connectivity index (χ1) is 13.8. The van der Waals surface area contributed by atoms with Crippen molar-refractivity contribution in [1.29, 1.82) is 0 Å². The summed E-state index contributed by atoms with van der Waals surface area (Å²) in [6.07, 6.45) is 4.13. The highest BCUT2D eigenvalue weighted by Crippen LogP contribution is 2.26. The van der Waals surface area contributed by atoms with E-state index >= 15 is 0 Å². The first-order valence-electron chi connectivity index (χ1n) is 10.0. The molecule has 0 spiro atoms. The Labute approximate surface area is 174 Å². The second-order valence-electron chi connectivity index (χ2n) is 6.88. The van der Waals surface area contributed by atoms with E-state index in [2.05, 4.69) is 19.2 Å². The summed E-state index contributed by atoms with van der Waals surface area (Å²) < 4.78 is 26.5. The van der Waals surface area contributed by atoms with Gasteiger partial charge in [-0.3, -0.25) is 4.79 Å². The molecule has 2 rings (SSSR count). The van der Waals surface area contributed by atoms with Crippen molar-refractivity contribution in [3.05, 3.63) is 65.7 Å². The third-order valence-electron chi connectivity index (χ3n) is 5.01. The highest BCUT2D eigenvalue weighted by molar-refractivity contribution is 7.89. The van der Waals surface area contributed by atoms with Crippen LogP contribution in [0.15, 0.2) is 59.5 Å². The molecule has 0 radical (unpaired) electrons. The molecule has 2 aromatic rings. The highest BCUT2D eigenvalue weighted by Gasteiger charge is 2.20. The van der Waals surface area contributed by atoms with Gasteiger partial charge in [0.2, 0.25) is 15.9 Å². The summed E-state index contributed by atoms with van der Waals surface area (Å²) in [7, 11) is -3.48. The third-order valence-corrected chi connectivity index (χ3v) is 7.08. The van der Waals surface area contributed by atoms with Gasteiger partial charge in [-0.15, -0.1) is 0 Å². The molecule has 0 aliphatic rings. The molecule has 0 fully saturated rings. The highest BCUT2D eigenvalue weighted by atomic mass is 32.2. The molecule has 0 aliphatic heterocycles. The van der Waals surface area contributed by atoms with E-state index in [9.17, 15) is 13.2 Å². The average Bonchev–Trinajstić information content (AvgIpc) is 2.73. The molecule has 156 valence electrons. The number of para-hydroxylation sites is 1. The summed E-state index contributed by atoms with van der Waals surface area (Å²) in [5, 5.41) is 2.93. The van der Waals surface area contributed by atoms with Crippen LogP contribution in [-0.4, -0.2) is 31.7 Å². The fraction of sp³-hybridized carbons (Fsp3) is 0.348. The standard InChI is InChI=1S/C23H30N2O3S/c1-5-18(4)21-10-8-9-11-22(21)24-23(26)17-14-19-12-15-20(16-13-19)29(27,28)25(6-2)7-3/h8-18H,5-7H2,1-4H3,(H,24,26)/b17-14+/t18-/m0/s1. The summed E-state index contributed by atoms with van der Waals surface area (Å²) in [6, 6.07) is 14.4. The van der Waals surface area contributed by atoms with Crippen molar-refractivity contribution < 1.29 is 13.2 Å². The molecule has 0 saturated carbocycles. The van der Waals surface area contributed by atoms with Crippen LogP contribution in [-0.2, 0) is 14.8 Å². The molecule has 0 saturated heterocycles. The van der Waals surface area contributed by atoms with Gasteiger partial charge < -0.3 is 5.32 Å². The number of benzene rings is 2. The maximum atomic E-state index is 12.5. The number of hydrogen-bond donors (Lipinski definition) is 1. The smallest absolute Gasteiger partial charge is 0.248 e. The first kappa shape index (κ1) is 22.8. The molecule has 0 heterocycles. The lowest BCUT2D eigenvalue weighted by atomic mass is 9.97. The van der Waals surface area contributed by atoms with Gasteiger partial charge in [0.15, 0.2) is 0 Å². The minimum atomic E-state index is -3.48. The Kier molecular flexibility index (Phi) is 8.17. The van der Waals surface area contributed by atoms with Crippen LogP contribution >= 0.6 is 0 Å². The van der Waals surface area contributed by atoms with Crippen LogP contribution < -0.4 is 5.32 Å². The van der Waals surface area contributed by atoms with Gasteiger partial charge in [0, 0.05) is 24.9 Å². The van der Waals surface area contributed by atoms with E-state index in [4.69, 9.17) is 0 Å². The number of carbonyl (C=O) groups excluding carboxylic acids is 1. The van der Waals surface area contributed by atoms with Crippen molar-refractivity contribution in [1.82, 2.24) is 4.31 Å². The van der Waals surface area contributed by atoms with E-state index in [0.29, 0.717) is 19.0 Å². The van der Waals surface area contributed by atoms with Crippen molar-refractivity contribution in [3.63, 3.8) is 0 Å². The van der Waals surface area contributed by atoms with E-state index < -0.39 is 10.0 Å². The lowest BCUT2D eigenvalue weighted by molar-refractivity contribution is -0.111. The van der Waals surface area contributed by atoms with E-state index in [1.54, 1.807) is 30.3 Å². The number of anilines is 1. The van der Waals surface area contributed by atoms with Gasteiger partial charge in [0.1, 0.15) is 0 Å². The van der Waals surface area contributed by atoms with Crippen LogP contribution in [0, 0.1) is 0 Å². The minimum absolute atomic E-state index is 0.222. The summed E-state index contributed by atoms with van der Waals surface area (Å²) in [6.45, 7) is 8.74. The number of rotatable bonds is 9. The van der Waals surface area contributed by atoms with Crippen LogP contribution in [0.1, 0.15) is 51.2 Å². The molecule has 1 atom stereocenters. The fourth-order valence-electron chi connectivity index (χ4n) is 3.07. The zero-order valence-corrected chi connectivity index (χ0v) is 18.4. The molecule has 6 heteroatoms. The Morgan fingerprint density at radius 2 is 1.66 bits per heavy atom. The lowest BCUT2D eigenvalue weighted by Gasteiger charge is -2.18. The van der Waals surface area contributed by atoms with Crippen molar-refractivity contribution >= 4 is 27.7 Å². The van der Waals surface area contributed by atoms with Crippen LogP contribution in [0.25, 0.3) is 6.08 Å². The van der Waals surface area contributed by atoms with E-state index in [0.717, 1.165) is 23.2 Å². The third kappa shape index (κ3) is 5.78. The normalized spacial score (nSPS) is 13.0. The second kappa shape index (κ2) is 10.4. The van der Waals surface area contributed by atoms with Crippen molar-refractivity contribution in [2.24, 2.45) is 0 Å². The molecule has 0 bridgehead atoms. The molecular weight excluding hydrogens is 384 g/mol. The number of carbonyl (C=O) groups is 1. The first-order valence-corrected chi connectivity index (χ1v) is 11.5. The van der Waals surface area contributed by atoms with Crippen LogP contribution in [0.3, 0.4) is 0 Å². The maximum absolute atomic E-state index is 12.5. The molecule has 5 nitrogen and oxygen atoms in total. The molecule has 1 amide bonds. The second-order valence-corrected chi connectivity index (χ2v) is 8.82. The Balaban J connectivity index is 2.10.